The first-order chi connectivity index (χ1) is 17.0. The number of aryl methyl sites for hydroxylation is 2. The Morgan fingerprint density at radius 1 is 1.11 bits per heavy atom. The topological polar surface area (TPSA) is 32.7 Å². The molecule has 4 aromatic rings. The zero-order valence-corrected chi connectivity index (χ0v) is 21.4. The smallest absolute Gasteiger partial charge is 0.153 e. The molecule has 1 atom stereocenters. The van der Waals surface area contributed by atoms with Crippen LogP contribution in [0.4, 0.5) is 0 Å². The number of nitrogens with zero attached hydrogens (tertiary/aromatic N) is 1. The molecule has 180 valence electrons. The first kappa shape index (κ1) is 23.7. The van der Waals surface area contributed by atoms with Gasteiger partial charge in [0.15, 0.2) is 5.75 Å². The van der Waals surface area contributed by atoms with Gasteiger partial charge in [0.2, 0.25) is 0 Å². The fourth-order valence-electron chi connectivity index (χ4n) is 4.97. The van der Waals surface area contributed by atoms with Crippen LogP contribution in [-0.4, -0.2) is 29.6 Å². The standard InChI is InChI=1S/C31H33NO2S/c1-21-16-18-32(20-21)17-6-8-24-10-13-26(14-11-24)34-30-28-15-12-25(33)19-29(28)35-31(30)23(3)27-9-5-4-7-22(27)2/h4-5,7,9-15,19,21,33H,3,6,8,16-18,20H2,1-2H3. The molecule has 1 aromatic heterocycles. The van der Waals surface area contributed by atoms with Crippen LogP contribution in [0.2, 0.25) is 0 Å². The molecule has 35 heavy (non-hydrogen) atoms. The molecule has 0 bridgehead atoms. The van der Waals surface area contributed by atoms with E-state index in [2.05, 4.69) is 61.7 Å². The van der Waals surface area contributed by atoms with Crippen LogP contribution in [0, 0.1) is 12.8 Å². The lowest BCUT2D eigenvalue weighted by Gasteiger charge is -2.15. The quantitative estimate of drug-likeness (QED) is 0.275. The minimum absolute atomic E-state index is 0.256. The van der Waals surface area contributed by atoms with Gasteiger partial charge in [-0.2, -0.15) is 0 Å². The molecular formula is C31H33NO2S. The second-order valence-corrected chi connectivity index (χ2v) is 10.8. The van der Waals surface area contributed by atoms with Crippen molar-refractivity contribution in [3.05, 3.63) is 94.9 Å². The summed E-state index contributed by atoms with van der Waals surface area (Å²) in [5.41, 5.74) is 4.56. The number of hydrogen-bond donors (Lipinski definition) is 1. The molecule has 0 saturated carbocycles. The molecule has 3 aromatic carbocycles. The van der Waals surface area contributed by atoms with E-state index in [0.717, 1.165) is 49.9 Å². The van der Waals surface area contributed by atoms with Crippen molar-refractivity contribution in [3.8, 4) is 17.2 Å². The average Bonchev–Trinajstić information content (AvgIpc) is 3.43. The van der Waals surface area contributed by atoms with Gasteiger partial charge >= 0.3 is 0 Å². The molecule has 1 aliphatic rings. The highest BCUT2D eigenvalue weighted by molar-refractivity contribution is 7.20. The van der Waals surface area contributed by atoms with Crippen molar-refractivity contribution >= 4 is 27.0 Å². The Kier molecular flexibility index (Phi) is 6.94. The van der Waals surface area contributed by atoms with Crippen LogP contribution in [0.1, 0.15) is 41.3 Å². The Hall–Kier alpha value is -3.08. The van der Waals surface area contributed by atoms with Crippen molar-refractivity contribution < 1.29 is 9.84 Å². The third kappa shape index (κ3) is 5.29. The number of fused-ring (bicyclic) bond motifs is 1. The number of rotatable bonds is 8. The molecule has 0 spiro atoms. The number of aromatic hydroxyl groups is 1. The lowest BCUT2D eigenvalue weighted by Crippen LogP contribution is -2.21. The highest BCUT2D eigenvalue weighted by Crippen LogP contribution is 2.46. The lowest BCUT2D eigenvalue weighted by atomic mass is 10.00. The van der Waals surface area contributed by atoms with Crippen LogP contribution in [0.3, 0.4) is 0 Å². The lowest BCUT2D eigenvalue weighted by molar-refractivity contribution is 0.323. The molecule has 1 fully saturated rings. The van der Waals surface area contributed by atoms with Gasteiger partial charge in [-0.05, 0) is 97.8 Å². The van der Waals surface area contributed by atoms with Gasteiger partial charge in [-0.25, -0.2) is 0 Å². The second-order valence-electron chi connectivity index (χ2n) is 9.78. The van der Waals surface area contributed by atoms with E-state index in [4.69, 9.17) is 4.74 Å². The van der Waals surface area contributed by atoms with Crippen molar-refractivity contribution in [2.24, 2.45) is 5.92 Å². The molecule has 0 aliphatic carbocycles. The Morgan fingerprint density at radius 3 is 2.66 bits per heavy atom. The average molecular weight is 484 g/mol. The largest absolute Gasteiger partial charge is 0.508 e. The summed E-state index contributed by atoms with van der Waals surface area (Å²) in [7, 11) is 0. The van der Waals surface area contributed by atoms with Crippen LogP contribution >= 0.6 is 11.3 Å². The van der Waals surface area contributed by atoms with E-state index < -0.39 is 0 Å². The predicted octanol–water partition coefficient (Wildman–Crippen LogP) is 8.04. The van der Waals surface area contributed by atoms with Crippen LogP contribution < -0.4 is 4.74 Å². The SMILES string of the molecule is C=C(c1ccccc1C)c1sc2cc(O)ccc2c1Oc1ccc(CCCN2CCC(C)C2)cc1. The maximum absolute atomic E-state index is 10.0. The fourth-order valence-corrected chi connectivity index (χ4v) is 6.12. The first-order valence-corrected chi connectivity index (χ1v) is 13.3. The van der Waals surface area contributed by atoms with Gasteiger partial charge in [-0.1, -0.05) is 49.9 Å². The van der Waals surface area contributed by atoms with Gasteiger partial charge in [0.25, 0.3) is 0 Å². The number of benzene rings is 3. The van der Waals surface area contributed by atoms with Crippen molar-refractivity contribution in [2.75, 3.05) is 19.6 Å². The number of hydrogen-bond acceptors (Lipinski definition) is 4. The van der Waals surface area contributed by atoms with E-state index in [1.54, 1.807) is 23.5 Å². The Labute approximate surface area is 212 Å². The zero-order valence-electron chi connectivity index (χ0n) is 20.6. The fraction of sp³-hybridized carbons (Fsp3) is 0.290. The predicted molar refractivity (Wildman–Crippen MR) is 148 cm³/mol. The van der Waals surface area contributed by atoms with E-state index in [1.165, 1.54) is 43.6 Å². The highest BCUT2D eigenvalue weighted by atomic mass is 32.1. The van der Waals surface area contributed by atoms with Crippen LogP contribution in [0.15, 0.2) is 73.3 Å². The number of thiophene rings is 1. The van der Waals surface area contributed by atoms with E-state index >= 15 is 0 Å². The summed E-state index contributed by atoms with van der Waals surface area (Å²) >= 11 is 1.61. The number of phenols is 1. The summed E-state index contributed by atoms with van der Waals surface area (Å²) in [6, 6.07) is 22.2. The van der Waals surface area contributed by atoms with Crippen molar-refractivity contribution in [1.82, 2.24) is 4.90 Å². The molecule has 0 radical (unpaired) electrons. The molecule has 0 amide bonds. The van der Waals surface area contributed by atoms with Crippen LogP contribution in [0.5, 0.6) is 17.2 Å². The van der Waals surface area contributed by atoms with Gasteiger partial charge in [-0.15, -0.1) is 11.3 Å². The molecule has 5 rings (SSSR count). The second kappa shape index (κ2) is 10.3. The molecule has 1 aliphatic heterocycles. The number of ether oxygens (including phenoxy) is 1. The number of likely N-dealkylation sites (tertiary alicyclic amines) is 1. The molecule has 4 heteroatoms. The van der Waals surface area contributed by atoms with Gasteiger partial charge in [0.05, 0.1) is 4.88 Å². The summed E-state index contributed by atoms with van der Waals surface area (Å²) in [6.45, 7) is 12.5. The van der Waals surface area contributed by atoms with Crippen molar-refractivity contribution in [2.45, 2.75) is 33.1 Å². The Morgan fingerprint density at radius 2 is 1.91 bits per heavy atom. The third-order valence-corrected chi connectivity index (χ3v) is 8.16. The minimum atomic E-state index is 0.256. The Bertz CT molecular complexity index is 1340. The van der Waals surface area contributed by atoms with Gasteiger partial charge < -0.3 is 14.7 Å². The summed E-state index contributed by atoms with van der Waals surface area (Å²) in [4.78, 5) is 3.58. The number of phenolic OH excluding ortho intramolecular Hbond substituents is 1. The molecule has 1 unspecified atom stereocenters. The van der Waals surface area contributed by atoms with E-state index in [9.17, 15) is 5.11 Å². The van der Waals surface area contributed by atoms with Gasteiger partial charge in [0, 0.05) is 16.6 Å². The summed E-state index contributed by atoms with van der Waals surface area (Å²) < 4.78 is 7.48. The van der Waals surface area contributed by atoms with Crippen LogP contribution in [-0.2, 0) is 6.42 Å². The molecular weight excluding hydrogens is 450 g/mol. The van der Waals surface area contributed by atoms with E-state index in [-0.39, 0.29) is 5.75 Å². The highest BCUT2D eigenvalue weighted by Gasteiger charge is 2.20. The molecule has 2 heterocycles. The summed E-state index contributed by atoms with van der Waals surface area (Å²) in [6.07, 6.45) is 3.61. The Balaban J connectivity index is 1.36. The van der Waals surface area contributed by atoms with Gasteiger partial charge in [-0.3, -0.25) is 0 Å². The van der Waals surface area contributed by atoms with Crippen molar-refractivity contribution in [1.29, 1.82) is 0 Å². The van der Waals surface area contributed by atoms with Crippen molar-refractivity contribution in [3.63, 3.8) is 0 Å². The molecule has 3 nitrogen and oxygen atoms in total. The van der Waals surface area contributed by atoms with Crippen LogP contribution in [0.25, 0.3) is 15.7 Å². The van der Waals surface area contributed by atoms with E-state index in [1.807, 2.05) is 18.2 Å². The first-order valence-electron chi connectivity index (χ1n) is 12.5. The van der Waals surface area contributed by atoms with E-state index in [0.29, 0.717) is 0 Å². The zero-order chi connectivity index (χ0) is 24.4. The maximum atomic E-state index is 10.0. The van der Waals surface area contributed by atoms with Gasteiger partial charge in [0.1, 0.15) is 11.5 Å². The minimum Gasteiger partial charge on any atom is -0.508 e. The monoisotopic (exact) mass is 483 g/mol. The molecule has 1 N–H and O–H groups in total. The summed E-state index contributed by atoms with van der Waals surface area (Å²) in [5.74, 6) is 2.71. The third-order valence-electron chi connectivity index (χ3n) is 6.96. The molecule has 1 saturated heterocycles. The summed E-state index contributed by atoms with van der Waals surface area (Å²) in [5, 5.41) is 11.0. The maximum Gasteiger partial charge on any atom is 0.153 e. The normalized spacial score (nSPS) is 16.1.